The Morgan fingerprint density at radius 1 is 1.12 bits per heavy atom. The van der Waals surface area contributed by atoms with E-state index in [1.165, 1.54) is 6.07 Å². The summed E-state index contributed by atoms with van der Waals surface area (Å²) in [5.74, 6) is 1.34. The molecule has 0 amide bonds. The Bertz CT molecular complexity index is 587. The number of ether oxygens (including phenoxy) is 2. The van der Waals surface area contributed by atoms with Crippen LogP contribution in [0.3, 0.4) is 0 Å². The fourth-order valence-corrected chi connectivity index (χ4v) is 1.75. The SMILES string of the molecule is COc1cc(OC)c2c(ccc(=O)n2C)c1. The second-order valence-corrected chi connectivity index (χ2v) is 3.50. The molecule has 0 atom stereocenters. The summed E-state index contributed by atoms with van der Waals surface area (Å²) in [7, 11) is 4.90. The van der Waals surface area contributed by atoms with E-state index in [2.05, 4.69) is 0 Å². The first kappa shape index (κ1) is 10.5. The lowest BCUT2D eigenvalue weighted by molar-refractivity contribution is 0.396. The zero-order valence-electron chi connectivity index (χ0n) is 9.48. The van der Waals surface area contributed by atoms with Gasteiger partial charge in [0.2, 0.25) is 0 Å². The normalized spacial score (nSPS) is 10.4. The first-order valence-electron chi connectivity index (χ1n) is 4.89. The molecule has 16 heavy (non-hydrogen) atoms. The quantitative estimate of drug-likeness (QED) is 0.769. The molecule has 0 fully saturated rings. The van der Waals surface area contributed by atoms with Gasteiger partial charge in [0.25, 0.3) is 5.56 Å². The molecule has 1 aromatic heterocycles. The number of nitrogens with zero attached hydrogens (tertiary/aromatic N) is 1. The minimum Gasteiger partial charge on any atom is -0.497 e. The van der Waals surface area contributed by atoms with E-state index in [1.807, 2.05) is 6.07 Å². The van der Waals surface area contributed by atoms with Crippen LogP contribution in [-0.4, -0.2) is 18.8 Å². The number of hydrogen-bond acceptors (Lipinski definition) is 3. The molecule has 0 aliphatic heterocycles. The zero-order chi connectivity index (χ0) is 11.7. The van der Waals surface area contributed by atoms with Gasteiger partial charge in [0.1, 0.15) is 11.5 Å². The molecule has 2 aromatic rings. The summed E-state index contributed by atoms with van der Waals surface area (Å²) in [6.45, 7) is 0. The van der Waals surface area contributed by atoms with E-state index in [0.717, 1.165) is 10.9 Å². The molecule has 1 aromatic carbocycles. The van der Waals surface area contributed by atoms with Crippen molar-refractivity contribution >= 4 is 10.9 Å². The summed E-state index contributed by atoms with van der Waals surface area (Å²) in [5.41, 5.74) is 0.715. The molecule has 0 radical (unpaired) electrons. The number of methoxy groups -OCH3 is 2. The second kappa shape index (κ2) is 3.89. The van der Waals surface area contributed by atoms with Crippen LogP contribution < -0.4 is 15.0 Å². The molecule has 84 valence electrons. The van der Waals surface area contributed by atoms with Gasteiger partial charge in [0.15, 0.2) is 0 Å². The standard InChI is InChI=1S/C12H13NO3/c1-13-11(14)5-4-8-6-9(15-2)7-10(16-3)12(8)13/h4-7H,1-3H3. The zero-order valence-corrected chi connectivity index (χ0v) is 9.48. The summed E-state index contributed by atoms with van der Waals surface area (Å²) < 4.78 is 12.0. The third-order valence-corrected chi connectivity index (χ3v) is 2.61. The maximum absolute atomic E-state index is 11.5. The van der Waals surface area contributed by atoms with E-state index < -0.39 is 0 Å². The highest BCUT2D eigenvalue weighted by Gasteiger charge is 2.08. The van der Waals surface area contributed by atoms with E-state index in [1.54, 1.807) is 38.0 Å². The van der Waals surface area contributed by atoms with Crippen LogP contribution >= 0.6 is 0 Å². The van der Waals surface area contributed by atoms with Gasteiger partial charge in [0, 0.05) is 24.6 Å². The number of fused-ring (bicyclic) bond motifs is 1. The molecule has 4 heteroatoms. The van der Waals surface area contributed by atoms with Crippen molar-refractivity contribution in [3.8, 4) is 11.5 Å². The fraction of sp³-hybridized carbons (Fsp3) is 0.250. The van der Waals surface area contributed by atoms with E-state index in [4.69, 9.17) is 9.47 Å². The molecular formula is C12H13NO3. The Morgan fingerprint density at radius 3 is 2.50 bits per heavy atom. The third-order valence-electron chi connectivity index (χ3n) is 2.61. The minimum atomic E-state index is -0.0593. The summed E-state index contributed by atoms with van der Waals surface area (Å²) in [6.07, 6.45) is 0. The van der Waals surface area contributed by atoms with E-state index >= 15 is 0 Å². The Morgan fingerprint density at radius 2 is 1.88 bits per heavy atom. The molecule has 0 saturated heterocycles. The number of benzene rings is 1. The summed E-state index contributed by atoms with van der Waals surface area (Å²) >= 11 is 0. The van der Waals surface area contributed by atoms with Gasteiger partial charge in [-0.1, -0.05) is 0 Å². The number of aromatic nitrogens is 1. The Kier molecular flexibility index (Phi) is 2.56. The van der Waals surface area contributed by atoms with Crippen LogP contribution in [-0.2, 0) is 7.05 Å². The van der Waals surface area contributed by atoms with Gasteiger partial charge in [-0.2, -0.15) is 0 Å². The van der Waals surface area contributed by atoms with Crippen molar-refractivity contribution in [1.29, 1.82) is 0 Å². The molecule has 0 aliphatic carbocycles. The van der Waals surface area contributed by atoms with Crippen LogP contribution in [0, 0.1) is 0 Å². The molecule has 4 nitrogen and oxygen atoms in total. The summed E-state index contributed by atoms with van der Waals surface area (Å²) in [5, 5.41) is 0.915. The van der Waals surface area contributed by atoms with Crippen molar-refractivity contribution in [2.45, 2.75) is 0 Å². The molecule has 0 unspecified atom stereocenters. The largest absolute Gasteiger partial charge is 0.497 e. The van der Waals surface area contributed by atoms with Crippen LogP contribution in [0.15, 0.2) is 29.1 Å². The highest BCUT2D eigenvalue weighted by molar-refractivity contribution is 5.86. The van der Waals surface area contributed by atoms with E-state index in [9.17, 15) is 4.79 Å². The Balaban J connectivity index is 2.90. The van der Waals surface area contributed by atoms with Gasteiger partial charge in [-0.15, -0.1) is 0 Å². The average molecular weight is 219 g/mol. The van der Waals surface area contributed by atoms with Crippen molar-refractivity contribution in [3.05, 3.63) is 34.6 Å². The molecule has 0 bridgehead atoms. The van der Waals surface area contributed by atoms with Gasteiger partial charge in [-0.3, -0.25) is 4.79 Å². The fourth-order valence-electron chi connectivity index (χ4n) is 1.75. The molecule has 0 N–H and O–H groups in total. The Hall–Kier alpha value is -1.97. The first-order chi connectivity index (χ1) is 7.67. The van der Waals surface area contributed by atoms with Crippen molar-refractivity contribution in [2.75, 3.05) is 14.2 Å². The smallest absolute Gasteiger partial charge is 0.250 e. The van der Waals surface area contributed by atoms with Gasteiger partial charge >= 0.3 is 0 Å². The van der Waals surface area contributed by atoms with E-state index in [0.29, 0.717) is 11.5 Å². The highest BCUT2D eigenvalue weighted by atomic mass is 16.5. The van der Waals surface area contributed by atoms with Crippen molar-refractivity contribution < 1.29 is 9.47 Å². The number of pyridine rings is 1. The van der Waals surface area contributed by atoms with Gasteiger partial charge in [0.05, 0.1) is 19.7 Å². The van der Waals surface area contributed by atoms with Gasteiger partial charge in [-0.25, -0.2) is 0 Å². The van der Waals surface area contributed by atoms with Crippen molar-refractivity contribution in [1.82, 2.24) is 4.57 Å². The minimum absolute atomic E-state index is 0.0593. The van der Waals surface area contributed by atoms with Crippen LogP contribution in [0.5, 0.6) is 11.5 Å². The molecule has 0 spiro atoms. The molecular weight excluding hydrogens is 206 g/mol. The average Bonchev–Trinajstić information content (AvgIpc) is 2.32. The van der Waals surface area contributed by atoms with Crippen molar-refractivity contribution in [3.63, 3.8) is 0 Å². The number of hydrogen-bond donors (Lipinski definition) is 0. The third kappa shape index (κ3) is 1.52. The van der Waals surface area contributed by atoms with Crippen LogP contribution in [0.25, 0.3) is 10.9 Å². The number of rotatable bonds is 2. The summed E-state index contributed by atoms with van der Waals surface area (Å²) in [4.78, 5) is 11.5. The lowest BCUT2D eigenvalue weighted by atomic mass is 10.2. The molecule has 2 rings (SSSR count). The second-order valence-electron chi connectivity index (χ2n) is 3.50. The predicted octanol–water partition coefficient (Wildman–Crippen LogP) is 1.56. The monoisotopic (exact) mass is 219 g/mol. The van der Waals surface area contributed by atoms with Crippen LogP contribution in [0.1, 0.15) is 0 Å². The first-order valence-corrected chi connectivity index (χ1v) is 4.89. The maximum Gasteiger partial charge on any atom is 0.250 e. The van der Waals surface area contributed by atoms with Crippen LogP contribution in [0.4, 0.5) is 0 Å². The Labute approximate surface area is 93.0 Å². The van der Waals surface area contributed by atoms with Crippen molar-refractivity contribution in [2.24, 2.45) is 7.05 Å². The predicted molar refractivity (Wildman–Crippen MR) is 62.3 cm³/mol. The number of aryl methyl sites for hydroxylation is 1. The lowest BCUT2D eigenvalue weighted by Crippen LogP contribution is -2.15. The molecule has 1 heterocycles. The van der Waals surface area contributed by atoms with Gasteiger partial charge < -0.3 is 14.0 Å². The maximum atomic E-state index is 11.5. The van der Waals surface area contributed by atoms with E-state index in [-0.39, 0.29) is 5.56 Å². The topological polar surface area (TPSA) is 40.5 Å². The van der Waals surface area contributed by atoms with Crippen LogP contribution in [0.2, 0.25) is 0 Å². The molecule has 0 aliphatic rings. The van der Waals surface area contributed by atoms with Gasteiger partial charge in [-0.05, 0) is 12.1 Å². The molecule has 0 saturated carbocycles. The lowest BCUT2D eigenvalue weighted by Gasteiger charge is -2.11. The summed E-state index contributed by atoms with van der Waals surface area (Å²) in [6, 6.07) is 6.93. The highest BCUT2D eigenvalue weighted by Crippen LogP contribution is 2.29.